The summed E-state index contributed by atoms with van der Waals surface area (Å²) in [6.45, 7) is 0. The molecule has 2 aromatic carbocycles. The minimum Gasteiger partial charge on any atom is -0.277 e. The molecular formula is C13H8F5NO4S2. The lowest BCUT2D eigenvalue weighted by molar-refractivity contribution is -0.0437. The van der Waals surface area contributed by atoms with Crippen molar-refractivity contribution in [2.75, 3.05) is 4.72 Å². The zero-order valence-electron chi connectivity index (χ0n) is 11.9. The highest BCUT2D eigenvalue weighted by Gasteiger charge is 2.48. The molecule has 0 amide bonds. The molecule has 2 rings (SSSR count). The fourth-order valence-corrected chi connectivity index (χ4v) is 3.75. The maximum Gasteiger partial charge on any atom is 0.502 e. The highest BCUT2D eigenvalue weighted by atomic mass is 32.2. The van der Waals surface area contributed by atoms with E-state index in [-0.39, 0.29) is 12.1 Å². The summed E-state index contributed by atoms with van der Waals surface area (Å²) in [6, 6.07) is 5.32. The fraction of sp³-hybridized carbons (Fsp3) is 0.0769. The normalized spacial score (nSPS) is 12.8. The van der Waals surface area contributed by atoms with Crippen LogP contribution in [0.2, 0.25) is 0 Å². The maximum absolute atomic E-state index is 13.5. The van der Waals surface area contributed by atoms with E-state index in [0.29, 0.717) is 6.07 Å². The zero-order valence-corrected chi connectivity index (χ0v) is 13.5. The van der Waals surface area contributed by atoms with Gasteiger partial charge in [0.25, 0.3) is 19.9 Å². The van der Waals surface area contributed by atoms with E-state index in [9.17, 15) is 38.8 Å². The monoisotopic (exact) mass is 401 g/mol. The molecule has 0 saturated carbocycles. The number of rotatable bonds is 4. The van der Waals surface area contributed by atoms with Gasteiger partial charge in [-0.05, 0) is 30.3 Å². The summed E-state index contributed by atoms with van der Waals surface area (Å²) < 4.78 is 113. The molecule has 25 heavy (non-hydrogen) atoms. The topological polar surface area (TPSA) is 80.3 Å². The molecule has 0 unspecified atom stereocenters. The molecule has 5 nitrogen and oxygen atoms in total. The van der Waals surface area contributed by atoms with Gasteiger partial charge in [-0.25, -0.2) is 25.6 Å². The van der Waals surface area contributed by atoms with Crippen LogP contribution < -0.4 is 4.72 Å². The Labute approximate surface area is 139 Å². The highest BCUT2D eigenvalue weighted by molar-refractivity contribution is 7.93. The molecule has 1 N–H and O–H groups in total. The van der Waals surface area contributed by atoms with Gasteiger partial charge in [-0.15, -0.1) is 0 Å². The number of hydrogen-bond donors (Lipinski definition) is 1. The molecule has 0 aromatic heterocycles. The Hall–Kier alpha value is -2.21. The molecule has 2 aromatic rings. The van der Waals surface area contributed by atoms with Gasteiger partial charge >= 0.3 is 5.51 Å². The lowest BCUT2D eigenvalue weighted by Gasteiger charge is -2.12. The number of benzene rings is 2. The molecular weight excluding hydrogens is 393 g/mol. The van der Waals surface area contributed by atoms with Gasteiger partial charge in [-0.1, -0.05) is 12.1 Å². The molecule has 0 spiro atoms. The summed E-state index contributed by atoms with van der Waals surface area (Å²) in [5.74, 6) is -2.75. The van der Waals surface area contributed by atoms with Crippen LogP contribution in [-0.4, -0.2) is 22.3 Å². The second kappa shape index (κ2) is 6.26. The van der Waals surface area contributed by atoms with Gasteiger partial charge in [0.2, 0.25) is 0 Å². The quantitative estimate of drug-likeness (QED) is 0.799. The summed E-state index contributed by atoms with van der Waals surface area (Å²) >= 11 is 0. The molecule has 0 heterocycles. The molecule has 0 aliphatic carbocycles. The molecule has 0 aliphatic heterocycles. The Bertz CT molecular complexity index is 1020. The molecule has 0 bridgehead atoms. The van der Waals surface area contributed by atoms with E-state index in [2.05, 4.69) is 0 Å². The van der Waals surface area contributed by atoms with Crippen molar-refractivity contribution in [1.82, 2.24) is 0 Å². The van der Waals surface area contributed by atoms with Gasteiger partial charge in [-0.2, -0.15) is 13.2 Å². The molecule has 136 valence electrons. The molecule has 0 fully saturated rings. The number of para-hydroxylation sites is 1. The van der Waals surface area contributed by atoms with Crippen LogP contribution in [0.5, 0.6) is 0 Å². The van der Waals surface area contributed by atoms with E-state index >= 15 is 0 Å². The van der Waals surface area contributed by atoms with Gasteiger partial charge in [-0.3, -0.25) is 4.72 Å². The first-order valence-corrected chi connectivity index (χ1v) is 9.21. The van der Waals surface area contributed by atoms with Crippen LogP contribution in [0.15, 0.2) is 52.3 Å². The van der Waals surface area contributed by atoms with Crippen LogP contribution in [0.25, 0.3) is 0 Å². The first-order chi connectivity index (χ1) is 11.4. The van der Waals surface area contributed by atoms with Gasteiger partial charge in [0.15, 0.2) is 0 Å². The Morgan fingerprint density at radius 1 is 0.840 bits per heavy atom. The van der Waals surface area contributed by atoms with Crippen molar-refractivity contribution in [2.45, 2.75) is 15.3 Å². The first-order valence-electron chi connectivity index (χ1n) is 6.24. The van der Waals surface area contributed by atoms with Crippen LogP contribution in [0, 0.1) is 11.6 Å². The lowest BCUT2D eigenvalue weighted by Crippen LogP contribution is -2.25. The van der Waals surface area contributed by atoms with Crippen molar-refractivity contribution in [3.05, 3.63) is 54.1 Å². The number of sulfonamides is 1. The van der Waals surface area contributed by atoms with E-state index in [1.54, 1.807) is 4.72 Å². The summed E-state index contributed by atoms with van der Waals surface area (Å²) in [6.07, 6.45) is 0. The summed E-state index contributed by atoms with van der Waals surface area (Å²) in [5, 5.41) is 0. The molecule has 0 saturated heterocycles. The van der Waals surface area contributed by atoms with E-state index in [4.69, 9.17) is 0 Å². The standard InChI is InChI=1S/C13H8F5NO4S2/c14-9-3-1-2-4-11(9)19-25(22,23)8-5-6-10(15)12(7-8)24(20,21)13(16,17)18/h1-7,19H. The first kappa shape index (κ1) is 19.1. The Morgan fingerprint density at radius 3 is 2.00 bits per heavy atom. The number of hydrogen-bond acceptors (Lipinski definition) is 4. The number of sulfone groups is 1. The largest absolute Gasteiger partial charge is 0.502 e. The highest BCUT2D eigenvalue weighted by Crippen LogP contribution is 2.33. The fourth-order valence-electron chi connectivity index (χ4n) is 1.73. The van der Waals surface area contributed by atoms with Gasteiger partial charge in [0.1, 0.15) is 16.5 Å². The van der Waals surface area contributed by atoms with E-state index < -0.39 is 52.5 Å². The predicted molar refractivity (Wildman–Crippen MR) is 76.8 cm³/mol. The molecule has 0 aliphatic rings. The number of anilines is 1. The van der Waals surface area contributed by atoms with E-state index in [1.165, 1.54) is 12.1 Å². The minimum atomic E-state index is -6.11. The minimum absolute atomic E-state index is 0.0152. The van der Waals surface area contributed by atoms with Crippen LogP contribution in [0.4, 0.5) is 27.6 Å². The Morgan fingerprint density at radius 2 is 1.44 bits per heavy atom. The average Bonchev–Trinajstić information content (AvgIpc) is 2.48. The van der Waals surface area contributed by atoms with Gasteiger partial charge in [0, 0.05) is 0 Å². The Balaban J connectivity index is 2.54. The summed E-state index contributed by atoms with van der Waals surface area (Å²) in [5.41, 5.74) is -6.35. The second-order valence-corrected chi connectivity index (χ2v) is 8.22. The van der Waals surface area contributed by atoms with Crippen LogP contribution in [0.1, 0.15) is 0 Å². The van der Waals surface area contributed by atoms with Crippen molar-refractivity contribution in [1.29, 1.82) is 0 Å². The van der Waals surface area contributed by atoms with Crippen molar-refractivity contribution < 1.29 is 38.8 Å². The third kappa shape index (κ3) is 3.74. The van der Waals surface area contributed by atoms with Gasteiger partial charge < -0.3 is 0 Å². The van der Waals surface area contributed by atoms with Crippen molar-refractivity contribution >= 4 is 25.5 Å². The van der Waals surface area contributed by atoms with Crippen LogP contribution in [0.3, 0.4) is 0 Å². The van der Waals surface area contributed by atoms with Crippen molar-refractivity contribution in [3.63, 3.8) is 0 Å². The third-order valence-corrected chi connectivity index (χ3v) is 5.79. The lowest BCUT2D eigenvalue weighted by atomic mass is 10.3. The predicted octanol–water partition coefficient (Wildman–Crippen LogP) is 3.06. The molecule has 0 atom stereocenters. The SMILES string of the molecule is O=S(=O)(Nc1ccccc1F)c1ccc(F)c(S(=O)(=O)C(F)(F)F)c1. The average molecular weight is 401 g/mol. The molecule has 12 heteroatoms. The van der Waals surface area contributed by atoms with Crippen LogP contribution >= 0.6 is 0 Å². The van der Waals surface area contributed by atoms with E-state index in [1.807, 2.05) is 0 Å². The van der Waals surface area contributed by atoms with Gasteiger partial charge in [0.05, 0.1) is 10.6 Å². The van der Waals surface area contributed by atoms with Crippen molar-refractivity contribution in [2.24, 2.45) is 0 Å². The smallest absolute Gasteiger partial charge is 0.277 e. The summed E-state index contributed by atoms with van der Waals surface area (Å²) in [4.78, 5) is -2.84. The maximum atomic E-state index is 13.5. The number of alkyl halides is 3. The Kier molecular flexibility index (Phi) is 4.79. The number of halogens is 5. The zero-order chi connectivity index (χ0) is 19.0. The summed E-state index contributed by atoms with van der Waals surface area (Å²) in [7, 11) is -10.8. The molecule has 0 radical (unpaired) electrons. The van der Waals surface area contributed by atoms with E-state index in [0.717, 1.165) is 12.1 Å². The number of nitrogens with one attached hydrogen (secondary N) is 1. The van der Waals surface area contributed by atoms with Crippen LogP contribution in [-0.2, 0) is 19.9 Å². The second-order valence-electron chi connectivity index (χ2n) is 4.63. The van der Waals surface area contributed by atoms with Crippen molar-refractivity contribution in [3.8, 4) is 0 Å². The third-order valence-electron chi connectivity index (χ3n) is 2.93.